The van der Waals surface area contributed by atoms with Crippen LogP contribution in [0.25, 0.3) is 10.9 Å². The number of rotatable bonds is 4. The molecular weight excluding hydrogens is 340 g/mol. The van der Waals surface area contributed by atoms with E-state index in [1.54, 1.807) is 22.9 Å². The van der Waals surface area contributed by atoms with Crippen LogP contribution in [-0.4, -0.2) is 47.7 Å². The van der Waals surface area contributed by atoms with E-state index in [0.29, 0.717) is 5.02 Å². The lowest BCUT2D eigenvalue weighted by molar-refractivity contribution is -0.122. The number of nitrogens with one attached hydrogen (secondary N) is 1. The van der Waals surface area contributed by atoms with Gasteiger partial charge in [0.05, 0.1) is 17.1 Å². The highest BCUT2D eigenvalue weighted by molar-refractivity contribution is 7.91. The molecule has 1 aliphatic heterocycles. The minimum Gasteiger partial charge on any atom is -0.387 e. The molecule has 2 aromatic rings. The van der Waals surface area contributed by atoms with E-state index in [1.165, 1.54) is 0 Å². The molecule has 1 aliphatic rings. The van der Waals surface area contributed by atoms with Gasteiger partial charge in [-0.3, -0.25) is 4.79 Å². The number of sulfone groups is 1. The Morgan fingerprint density at radius 2 is 2.17 bits per heavy atom. The van der Waals surface area contributed by atoms with Crippen LogP contribution in [0.3, 0.4) is 0 Å². The van der Waals surface area contributed by atoms with Gasteiger partial charge in [0, 0.05) is 23.3 Å². The van der Waals surface area contributed by atoms with E-state index < -0.39 is 15.4 Å². The largest absolute Gasteiger partial charge is 0.387 e. The number of hydrogen-bond acceptors (Lipinski definition) is 4. The first-order valence-electron chi connectivity index (χ1n) is 7.20. The molecule has 3 rings (SSSR count). The predicted molar refractivity (Wildman–Crippen MR) is 88.2 cm³/mol. The second-order valence-corrected chi connectivity index (χ2v) is 8.61. The van der Waals surface area contributed by atoms with Gasteiger partial charge in [0.1, 0.15) is 6.54 Å². The number of carbonyl (C=O) groups excluding carboxylic acids is 1. The first kappa shape index (κ1) is 16.3. The third kappa shape index (κ3) is 3.68. The maximum atomic E-state index is 12.1. The van der Waals surface area contributed by atoms with Crippen LogP contribution in [0.1, 0.15) is 6.42 Å². The summed E-state index contributed by atoms with van der Waals surface area (Å²) in [5.74, 6) is -0.636. The number of nitrogens with zero attached hydrogens (tertiary/aromatic N) is 1. The molecule has 6 nitrogen and oxygen atoms in total. The summed E-state index contributed by atoms with van der Waals surface area (Å²) >= 11 is 5.97. The van der Waals surface area contributed by atoms with Crippen LogP contribution in [0.15, 0.2) is 30.5 Å². The van der Waals surface area contributed by atoms with Gasteiger partial charge in [0.15, 0.2) is 9.84 Å². The standard InChI is InChI=1S/C15H17ClN2O4S/c16-12-2-1-11-3-5-18(13(11)7-12)8-14(19)17-9-15(20)4-6-23(21,22)10-15/h1-3,5,7,20H,4,6,8-10H2,(H,17,19). The Kier molecular flexibility index (Phi) is 4.12. The van der Waals surface area contributed by atoms with Gasteiger partial charge < -0.3 is 15.0 Å². The molecule has 1 aromatic heterocycles. The summed E-state index contributed by atoms with van der Waals surface area (Å²) in [6.07, 6.45) is 1.94. The first-order valence-corrected chi connectivity index (χ1v) is 9.40. The lowest BCUT2D eigenvalue weighted by Gasteiger charge is -2.21. The van der Waals surface area contributed by atoms with Crippen LogP contribution in [-0.2, 0) is 21.2 Å². The molecular formula is C15H17ClN2O4S. The molecule has 0 bridgehead atoms. The van der Waals surface area contributed by atoms with Gasteiger partial charge >= 0.3 is 0 Å². The molecule has 23 heavy (non-hydrogen) atoms. The fourth-order valence-corrected chi connectivity index (χ4v) is 4.87. The Bertz CT molecular complexity index is 861. The van der Waals surface area contributed by atoms with Gasteiger partial charge in [0.2, 0.25) is 5.91 Å². The lowest BCUT2D eigenvalue weighted by Crippen LogP contribution is -2.44. The molecule has 1 amide bonds. The van der Waals surface area contributed by atoms with Crippen molar-refractivity contribution in [2.24, 2.45) is 0 Å². The van der Waals surface area contributed by atoms with E-state index in [9.17, 15) is 18.3 Å². The first-order chi connectivity index (χ1) is 10.8. The number of aromatic nitrogens is 1. The van der Waals surface area contributed by atoms with Gasteiger partial charge in [-0.15, -0.1) is 0 Å². The second-order valence-electron chi connectivity index (χ2n) is 5.99. The van der Waals surface area contributed by atoms with E-state index in [4.69, 9.17) is 11.6 Å². The van der Waals surface area contributed by atoms with Gasteiger partial charge in [-0.05, 0) is 30.0 Å². The highest BCUT2D eigenvalue weighted by atomic mass is 35.5. The van der Waals surface area contributed by atoms with E-state index in [-0.39, 0.29) is 36.9 Å². The summed E-state index contributed by atoms with van der Waals surface area (Å²) in [6.45, 7) is 0.0116. The Morgan fingerprint density at radius 3 is 2.87 bits per heavy atom. The van der Waals surface area contributed by atoms with Crippen molar-refractivity contribution in [3.05, 3.63) is 35.5 Å². The molecule has 1 saturated heterocycles. The molecule has 1 atom stereocenters. The molecule has 1 unspecified atom stereocenters. The van der Waals surface area contributed by atoms with Gasteiger partial charge in [-0.1, -0.05) is 17.7 Å². The topological polar surface area (TPSA) is 88.4 Å². The Labute approximate surface area is 139 Å². The molecule has 8 heteroatoms. The number of fused-ring (bicyclic) bond motifs is 1. The SMILES string of the molecule is O=C(Cn1ccc2ccc(Cl)cc21)NCC1(O)CCS(=O)(=O)C1. The summed E-state index contributed by atoms with van der Waals surface area (Å²) in [4.78, 5) is 12.1. The molecule has 124 valence electrons. The van der Waals surface area contributed by atoms with E-state index >= 15 is 0 Å². The summed E-state index contributed by atoms with van der Waals surface area (Å²) < 4.78 is 24.6. The van der Waals surface area contributed by atoms with Crippen LogP contribution >= 0.6 is 11.6 Å². The summed E-state index contributed by atoms with van der Waals surface area (Å²) in [5, 5.41) is 14.4. The fourth-order valence-electron chi connectivity index (χ4n) is 2.81. The Hall–Kier alpha value is -1.57. The Morgan fingerprint density at radius 1 is 1.39 bits per heavy atom. The Balaban J connectivity index is 1.64. The third-order valence-electron chi connectivity index (χ3n) is 4.03. The molecule has 2 N–H and O–H groups in total. The van der Waals surface area contributed by atoms with Crippen LogP contribution < -0.4 is 5.32 Å². The molecule has 2 heterocycles. The number of halogens is 1. The van der Waals surface area contributed by atoms with Crippen LogP contribution in [0.4, 0.5) is 0 Å². The van der Waals surface area contributed by atoms with Gasteiger partial charge in [-0.25, -0.2) is 8.42 Å². The quantitative estimate of drug-likeness (QED) is 0.854. The van der Waals surface area contributed by atoms with Gasteiger partial charge in [-0.2, -0.15) is 0 Å². The van der Waals surface area contributed by atoms with Crippen molar-refractivity contribution in [2.45, 2.75) is 18.6 Å². The van der Waals surface area contributed by atoms with Crippen LogP contribution in [0.5, 0.6) is 0 Å². The predicted octanol–water partition coefficient (Wildman–Crippen LogP) is 0.960. The van der Waals surface area contributed by atoms with Crippen LogP contribution in [0, 0.1) is 0 Å². The highest BCUT2D eigenvalue weighted by Crippen LogP contribution is 2.23. The number of amides is 1. The minimum absolute atomic E-state index is 0.0416. The lowest BCUT2D eigenvalue weighted by atomic mass is 10.0. The van der Waals surface area contributed by atoms with Crippen molar-refractivity contribution in [3.8, 4) is 0 Å². The summed E-state index contributed by atoms with van der Waals surface area (Å²) in [7, 11) is -3.21. The number of aliphatic hydroxyl groups is 1. The molecule has 1 aromatic carbocycles. The zero-order valence-corrected chi connectivity index (χ0v) is 13.9. The third-order valence-corrected chi connectivity index (χ3v) is 6.07. The zero-order valence-electron chi connectivity index (χ0n) is 12.3. The molecule has 0 saturated carbocycles. The highest BCUT2D eigenvalue weighted by Gasteiger charge is 2.40. The maximum Gasteiger partial charge on any atom is 0.240 e. The van der Waals surface area contributed by atoms with E-state index in [0.717, 1.165) is 10.9 Å². The van der Waals surface area contributed by atoms with Crippen molar-refractivity contribution in [2.75, 3.05) is 18.1 Å². The molecule has 0 spiro atoms. The minimum atomic E-state index is -3.21. The number of carbonyl (C=O) groups is 1. The van der Waals surface area contributed by atoms with E-state index in [1.807, 2.05) is 12.1 Å². The number of benzene rings is 1. The van der Waals surface area contributed by atoms with Crippen molar-refractivity contribution in [1.29, 1.82) is 0 Å². The normalized spacial score (nSPS) is 23.2. The number of hydrogen-bond donors (Lipinski definition) is 2. The van der Waals surface area contributed by atoms with Crippen molar-refractivity contribution in [1.82, 2.24) is 9.88 Å². The average Bonchev–Trinajstić information content (AvgIpc) is 2.98. The molecule has 1 fully saturated rings. The fraction of sp³-hybridized carbons (Fsp3) is 0.400. The van der Waals surface area contributed by atoms with Gasteiger partial charge in [0.25, 0.3) is 0 Å². The molecule has 0 aliphatic carbocycles. The molecule has 0 radical (unpaired) electrons. The van der Waals surface area contributed by atoms with Crippen molar-refractivity contribution < 1.29 is 18.3 Å². The van der Waals surface area contributed by atoms with Crippen LogP contribution in [0.2, 0.25) is 5.02 Å². The smallest absolute Gasteiger partial charge is 0.240 e. The second kappa shape index (κ2) is 5.81. The summed E-state index contributed by atoms with van der Waals surface area (Å²) in [6, 6.07) is 7.32. The van der Waals surface area contributed by atoms with Crippen molar-refractivity contribution >= 4 is 38.2 Å². The van der Waals surface area contributed by atoms with Crippen molar-refractivity contribution in [3.63, 3.8) is 0 Å². The monoisotopic (exact) mass is 356 g/mol. The maximum absolute atomic E-state index is 12.1. The zero-order chi connectivity index (χ0) is 16.7. The summed E-state index contributed by atoms with van der Waals surface area (Å²) in [5.41, 5.74) is -0.522. The van der Waals surface area contributed by atoms with E-state index in [2.05, 4.69) is 5.32 Å². The average molecular weight is 357 g/mol.